The molecule has 0 saturated carbocycles. The number of methoxy groups -OCH3 is 1. The Bertz CT molecular complexity index is 1380. The van der Waals surface area contributed by atoms with Crippen molar-refractivity contribution in [3.63, 3.8) is 0 Å². The number of benzene rings is 2. The lowest BCUT2D eigenvalue weighted by Crippen LogP contribution is -2.43. The molecule has 2 aromatic carbocycles. The molecule has 3 rings (SSSR count). The predicted molar refractivity (Wildman–Crippen MR) is 168 cm³/mol. The molecule has 0 aliphatic heterocycles. The molecule has 1 unspecified atom stereocenters. The Balaban J connectivity index is 1.63. The molecular formula is C31H44ClN3O6Si. The Morgan fingerprint density at radius 3 is 2.38 bits per heavy atom. The van der Waals surface area contributed by atoms with E-state index < -0.39 is 20.5 Å². The van der Waals surface area contributed by atoms with Gasteiger partial charge in [0.15, 0.2) is 14.9 Å². The number of carbonyl (C=O) groups excluding carboxylic acids is 2. The zero-order valence-electron chi connectivity index (χ0n) is 25.8. The molecular weight excluding hydrogens is 574 g/mol. The molecule has 0 spiro atoms. The number of hydrogen-bond donors (Lipinski definition) is 3. The summed E-state index contributed by atoms with van der Waals surface area (Å²) in [5, 5.41) is 18.5. The standard InChI is InChI=1S/C31H44ClN3O6Si/c1-9-24(20-10-12-21(13-11-20)30(38)39-6)34-29(37)26-17-22-16-23(32)27(18-25(22)35(26)5)40-19-28(36)33-14-15-41-42(7,8)31(2,3)4/h10-13,16-18,24,29,34,37H,9,14-15,19H2,1-8H3,(H,33,36)/t24-,29?/m1/s1. The van der Waals surface area contributed by atoms with Crippen LogP contribution in [0.2, 0.25) is 23.2 Å². The van der Waals surface area contributed by atoms with Gasteiger partial charge in [0.1, 0.15) is 12.0 Å². The molecule has 3 aromatic rings. The second-order valence-corrected chi connectivity index (χ2v) is 17.1. The number of nitrogens with one attached hydrogen (secondary N) is 2. The third-order valence-corrected chi connectivity index (χ3v) is 12.8. The van der Waals surface area contributed by atoms with E-state index in [0.29, 0.717) is 41.6 Å². The number of hydrogen-bond acceptors (Lipinski definition) is 7. The van der Waals surface area contributed by atoms with Crippen LogP contribution in [0.1, 0.15) is 68.0 Å². The van der Waals surface area contributed by atoms with E-state index in [1.54, 1.807) is 24.3 Å². The number of aliphatic hydroxyl groups is 1. The zero-order chi connectivity index (χ0) is 31.2. The van der Waals surface area contributed by atoms with Gasteiger partial charge in [0.2, 0.25) is 0 Å². The van der Waals surface area contributed by atoms with E-state index in [0.717, 1.165) is 16.5 Å². The molecule has 11 heteroatoms. The number of rotatable bonds is 13. The van der Waals surface area contributed by atoms with Gasteiger partial charge in [-0.25, -0.2) is 4.79 Å². The number of amides is 1. The summed E-state index contributed by atoms with van der Waals surface area (Å²) in [6, 6.07) is 12.4. The normalized spacial score (nSPS) is 13.6. The molecule has 42 heavy (non-hydrogen) atoms. The van der Waals surface area contributed by atoms with Crippen molar-refractivity contribution < 1.29 is 28.6 Å². The summed E-state index contributed by atoms with van der Waals surface area (Å²) in [6.07, 6.45) is -0.262. The monoisotopic (exact) mass is 617 g/mol. The zero-order valence-corrected chi connectivity index (χ0v) is 27.6. The number of aliphatic hydroxyl groups excluding tert-OH is 1. The highest BCUT2D eigenvalue weighted by molar-refractivity contribution is 6.74. The van der Waals surface area contributed by atoms with Crippen molar-refractivity contribution in [1.82, 2.24) is 15.2 Å². The lowest BCUT2D eigenvalue weighted by Gasteiger charge is -2.36. The van der Waals surface area contributed by atoms with E-state index in [9.17, 15) is 14.7 Å². The highest BCUT2D eigenvalue weighted by Gasteiger charge is 2.36. The topological polar surface area (TPSA) is 111 Å². The van der Waals surface area contributed by atoms with Crippen LogP contribution >= 0.6 is 11.6 Å². The quantitative estimate of drug-likeness (QED) is 0.0952. The minimum atomic E-state index is -1.87. The molecule has 0 saturated heterocycles. The number of aromatic nitrogens is 1. The number of ether oxygens (including phenoxy) is 2. The van der Waals surface area contributed by atoms with Crippen LogP contribution in [0.15, 0.2) is 42.5 Å². The number of esters is 1. The first-order chi connectivity index (χ1) is 19.7. The third-order valence-electron chi connectivity index (χ3n) is 7.97. The van der Waals surface area contributed by atoms with Crippen molar-refractivity contribution in [2.24, 2.45) is 7.05 Å². The second-order valence-electron chi connectivity index (χ2n) is 11.9. The lowest BCUT2D eigenvalue weighted by atomic mass is 10.0. The Morgan fingerprint density at radius 2 is 1.79 bits per heavy atom. The minimum absolute atomic E-state index is 0.107. The van der Waals surface area contributed by atoms with Crippen molar-refractivity contribution in [2.75, 3.05) is 26.9 Å². The van der Waals surface area contributed by atoms with Gasteiger partial charge in [-0.2, -0.15) is 0 Å². The molecule has 0 aliphatic carbocycles. The number of nitrogens with zero attached hydrogens (tertiary/aromatic N) is 1. The smallest absolute Gasteiger partial charge is 0.337 e. The van der Waals surface area contributed by atoms with Gasteiger partial charge >= 0.3 is 5.97 Å². The first kappa shape index (κ1) is 33.6. The first-order valence-corrected chi connectivity index (χ1v) is 17.4. The molecule has 230 valence electrons. The van der Waals surface area contributed by atoms with E-state index in [4.69, 9.17) is 25.5 Å². The van der Waals surface area contributed by atoms with Crippen molar-refractivity contribution in [1.29, 1.82) is 0 Å². The van der Waals surface area contributed by atoms with Crippen LogP contribution in [0.4, 0.5) is 0 Å². The molecule has 3 N–H and O–H groups in total. The van der Waals surface area contributed by atoms with Crippen molar-refractivity contribution in [3.05, 3.63) is 64.3 Å². The molecule has 0 fully saturated rings. The summed E-state index contributed by atoms with van der Waals surface area (Å²) < 4.78 is 18.5. The fourth-order valence-electron chi connectivity index (χ4n) is 4.33. The van der Waals surface area contributed by atoms with Crippen LogP contribution < -0.4 is 15.4 Å². The third kappa shape index (κ3) is 8.14. The summed E-state index contributed by atoms with van der Waals surface area (Å²) in [7, 11) is 1.33. The van der Waals surface area contributed by atoms with Crippen molar-refractivity contribution >= 4 is 42.7 Å². The number of carbonyl (C=O) groups is 2. The van der Waals surface area contributed by atoms with E-state index >= 15 is 0 Å². The van der Waals surface area contributed by atoms with Crippen LogP contribution in [0.3, 0.4) is 0 Å². The lowest BCUT2D eigenvalue weighted by molar-refractivity contribution is -0.123. The summed E-state index contributed by atoms with van der Waals surface area (Å²) in [4.78, 5) is 24.2. The van der Waals surface area contributed by atoms with Crippen LogP contribution in [0.5, 0.6) is 5.75 Å². The second kappa shape index (κ2) is 14.1. The fourth-order valence-corrected chi connectivity index (χ4v) is 5.61. The van der Waals surface area contributed by atoms with E-state index in [-0.39, 0.29) is 23.6 Å². The average molecular weight is 618 g/mol. The van der Waals surface area contributed by atoms with Gasteiger partial charge in [-0.05, 0) is 54.4 Å². The van der Waals surface area contributed by atoms with Gasteiger partial charge in [0, 0.05) is 31.1 Å². The maximum absolute atomic E-state index is 12.4. The van der Waals surface area contributed by atoms with Crippen LogP contribution in [-0.4, -0.2) is 56.7 Å². The first-order valence-electron chi connectivity index (χ1n) is 14.1. The Hall–Kier alpha value is -2.89. The van der Waals surface area contributed by atoms with Crippen LogP contribution in [0, 0.1) is 0 Å². The molecule has 1 amide bonds. The van der Waals surface area contributed by atoms with Gasteiger partial charge in [-0.1, -0.05) is 51.4 Å². The maximum atomic E-state index is 12.4. The summed E-state index contributed by atoms with van der Waals surface area (Å²) in [5.41, 5.74) is 2.84. The van der Waals surface area contributed by atoms with Crippen LogP contribution in [-0.2, 0) is 21.0 Å². The fraction of sp³-hybridized carbons (Fsp3) is 0.484. The van der Waals surface area contributed by atoms with Crippen LogP contribution in [0.25, 0.3) is 10.9 Å². The summed E-state index contributed by atoms with van der Waals surface area (Å²) >= 11 is 6.49. The molecule has 2 atom stereocenters. The van der Waals surface area contributed by atoms with E-state index in [1.165, 1.54) is 7.11 Å². The Kier molecular flexibility index (Phi) is 11.2. The summed E-state index contributed by atoms with van der Waals surface area (Å²) in [6.45, 7) is 13.6. The minimum Gasteiger partial charge on any atom is -0.482 e. The largest absolute Gasteiger partial charge is 0.482 e. The number of aryl methyl sites for hydroxylation is 1. The van der Waals surface area contributed by atoms with Gasteiger partial charge < -0.3 is 28.9 Å². The molecule has 1 heterocycles. The Morgan fingerprint density at radius 1 is 1.12 bits per heavy atom. The molecule has 0 bridgehead atoms. The van der Waals surface area contributed by atoms with E-state index in [2.05, 4.69) is 44.5 Å². The molecule has 0 aliphatic rings. The average Bonchev–Trinajstić information content (AvgIpc) is 3.26. The number of halogens is 1. The highest BCUT2D eigenvalue weighted by atomic mass is 35.5. The van der Waals surface area contributed by atoms with Gasteiger partial charge in [0.25, 0.3) is 5.91 Å². The SMILES string of the molecule is CC[C@@H](NC(O)c1cc2cc(Cl)c(OCC(=O)NCCO[Si](C)(C)C(C)(C)C)cc2n1C)c1ccc(C(=O)OC)cc1. The Labute approximate surface area is 254 Å². The maximum Gasteiger partial charge on any atom is 0.337 e. The van der Waals surface area contributed by atoms with Crippen molar-refractivity contribution in [3.8, 4) is 5.75 Å². The molecule has 1 aromatic heterocycles. The van der Waals surface area contributed by atoms with Crippen molar-refractivity contribution in [2.45, 2.75) is 64.5 Å². The van der Waals surface area contributed by atoms with Gasteiger partial charge in [-0.3, -0.25) is 10.1 Å². The van der Waals surface area contributed by atoms with E-state index in [1.807, 2.05) is 36.7 Å². The molecule has 0 radical (unpaired) electrons. The van der Waals surface area contributed by atoms with Gasteiger partial charge in [0.05, 0.1) is 35.5 Å². The van der Waals surface area contributed by atoms with Gasteiger partial charge in [-0.15, -0.1) is 0 Å². The molecule has 9 nitrogen and oxygen atoms in total. The highest BCUT2D eigenvalue weighted by Crippen LogP contribution is 2.36. The summed E-state index contributed by atoms with van der Waals surface area (Å²) in [5.74, 6) is -0.279. The predicted octanol–water partition coefficient (Wildman–Crippen LogP) is 5.87. The number of fused-ring (bicyclic) bond motifs is 1.